The van der Waals surface area contributed by atoms with Crippen LogP contribution in [0.4, 0.5) is 5.69 Å². The number of rotatable bonds is 7. The van der Waals surface area contributed by atoms with Crippen LogP contribution in [0.1, 0.15) is 28.8 Å². The minimum absolute atomic E-state index is 0.0319. The Morgan fingerprint density at radius 2 is 1.89 bits per heavy atom. The van der Waals surface area contributed by atoms with E-state index >= 15 is 0 Å². The Bertz CT molecular complexity index is 821. The Hall–Kier alpha value is -2.44. The van der Waals surface area contributed by atoms with E-state index in [1.807, 2.05) is 6.07 Å². The molecule has 0 aliphatic carbocycles. The summed E-state index contributed by atoms with van der Waals surface area (Å²) in [5.74, 6) is 0.130. The molecule has 1 aliphatic rings. The van der Waals surface area contributed by atoms with Gasteiger partial charge in [-0.15, -0.1) is 0 Å². The molecule has 28 heavy (non-hydrogen) atoms. The number of nitrogens with zero attached hydrogens (tertiary/aromatic N) is 2. The number of carbonyl (C=O) groups is 1. The fraction of sp³-hybridized carbons (Fsp3) is 0.381. The summed E-state index contributed by atoms with van der Waals surface area (Å²) in [5, 5.41) is 13.9. The normalized spacial score (nSPS) is 15.3. The predicted molar refractivity (Wildman–Crippen MR) is 110 cm³/mol. The van der Waals surface area contributed by atoms with Gasteiger partial charge >= 0.3 is 0 Å². The molecular formula is C21H24ClN3O3. The lowest BCUT2D eigenvalue weighted by atomic mass is 9.96. The second-order valence-corrected chi connectivity index (χ2v) is 7.56. The summed E-state index contributed by atoms with van der Waals surface area (Å²) in [6, 6.07) is 14.6. The Balaban J connectivity index is 1.42. The van der Waals surface area contributed by atoms with Crippen molar-refractivity contribution >= 4 is 23.2 Å². The van der Waals surface area contributed by atoms with E-state index in [2.05, 4.69) is 34.5 Å². The fourth-order valence-electron chi connectivity index (χ4n) is 3.48. The number of halogens is 1. The van der Waals surface area contributed by atoms with E-state index in [-0.39, 0.29) is 22.2 Å². The second-order valence-electron chi connectivity index (χ2n) is 7.15. The molecule has 7 heteroatoms. The SMILES string of the molecule is O=C(NCC1CCN(CCc2ccccc2)CC1)c1ccc(Cl)c([N+](=O)[O-])c1. The Morgan fingerprint density at radius 1 is 1.18 bits per heavy atom. The van der Waals surface area contributed by atoms with Crippen LogP contribution < -0.4 is 5.32 Å². The first kappa shape index (κ1) is 20.3. The van der Waals surface area contributed by atoms with Crippen molar-refractivity contribution in [3.8, 4) is 0 Å². The number of likely N-dealkylation sites (tertiary alicyclic amines) is 1. The lowest BCUT2D eigenvalue weighted by Gasteiger charge is -2.32. The zero-order valence-electron chi connectivity index (χ0n) is 15.6. The summed E-state index contributed by atoms with van der Waals surface area (Å²) in [5.41, 5.74) is 1.37. The number of amides is 1. The van der Waals surface area contributed by atoms with Crippen LogP contribution >= 0.6 is 11.6 Å². The van der Waals surface area contributed by atoms with Gasteiger partial charge in [0.2, 0.25) is 0 Å². The molecule has 0 spiro atoms. The molecule has 1 aliphatic heterocycles. The molecule has 0 saturated carbocycles. The maximum Gasteiger partial charge on any atom is 0.288 e. The smallest absolute Gasteiger partial charge is 0.288 e. The quantitative estimate of drug-likeness (QED) is 0.563. The Labute approximate surface area is 169 Å². The zero-order valence-corrected chi connectivity index (χ0v) is 16.4. The highest BCUT2D eigenvalue weighted by Gasteiger charge is 2.21. The van der Waals surface area contributed by atoms with E-state index in [9.17, 15) is 14.9 Å². The molecule has 0 bridgehead atoms. The zero-order chi connectivity index (χ0) is 19.9. The summed E-state index contributed by atoms with van der Waals surface area (Å²) in [4.78, 5) is 25.2. The van der Waals surface area contributed by atoms with Crippen LogP contribution in [0.25, 0.3) is 0 Å². The van der Waals surface area contributed by atoms with Gasteiger partial charge in [-0.05, 0) is 56.0 Å². The highest BCUT2D eigenvalue weighted by atomic mass is 35.5. The number of hydrogen-bond donors (Lipinski definition) is 1. The van der Waals surface area contributed by atoms with Gasteiger partial charge in [0.25, 0.3) is 11.6 Å². The van der Waals surface area contributed by atoms with Crippen LogP contribution in [0.2, 0.25) is 5.02 Å². The van der Waals surface area contributed by atoms with Crippen molar-refractivity contribution in [2.45, 2.75) is 19.3 Å². The molecule has 0 atom stereocenters. The lowest BCUT2D eigenvalue weighted by molar-refractivity contribution is -0.384. The van der Waals surface area contributed by atoms with Gasteiger partial charge in [-0.1, -0.05) is 41.9 Å². The first-order valence-electron chi connectivity index (χ1n) is 9.51. The average Bonchev–Trinajstić information content (AvgIpc) is 2.72. The summed E-state index contributed by atoms with van der Waals surface area (Å²) in [7, 11) is 0. The molecule has 1 heterocycles. The van der Waals surface area contributed by atoms with E-state index in [0.717, 1.165) is 38.9 Å². The van der Waals surface area contributed by atoms with E-state index in [0.29, 0.717) is 12.5 Å². The van der Waals surface area contributed by atoms with Crippen molar-refractivity contribution in [1.29, 1.82) is 0 Å². The van der Waals surface area contributed by atoms with Crippen molar-refractivity contribution in [2.75, 3.05) is 26.2 Å². The number of nitrogens with one attached hydrogen (secondary N) is 1. The van der Waals surface area contributed by atoms with Crippen molar-refractivity contribution in [3.05, 3.63) is 74.8 Å². The van der Waals surface area contributed by atoms with Gasteiger partial charge in [0.05, 0.1) is 4.92 Å². The van der Waals surface area contributed by atoms with Crippen LogP contribution in [0.5, 0.6) is 0 Å². The molecule has 1 fully saturated rings. The molecule has 1 amide bonds. The topological polar surface area (TPSA) is 75.5 Å². The number of carbonyl (C=O) groups excluding carboxylic acids is 1. The third kappa shape index (κ3) is 5.53. The maximum absolute atomic E-state index is 12.3. The summed E-state index contributed by atoms with van der Waals surface area (Å²) in [6.07, 6.45) is 3.13. The van der Waals surface area contributed by atoms with Crippen molar-refractivity contribution < 1.29 is 9.72 Å². The van der Waals surface area contributed by atoms with Crippen molar-refractivity contribution in [1.82, 2.24) is 10.2 Å². The largest absolute Gasteiger partial charge is 0.352 e. The predicted octanol–water partition coefficient (Wildman–Crippen LogP) is 3.93. The van der Waals surface area contributed by atoms with Crippen LogP contribution in [0.15, 0.2) is 48.5 Å². The van der Waals surface area contributed by atoms with E-state index in [1.165, 1.54) is 23.8 Å². The maximum atomic E-state index is 12.3. The van der Waals surface area contributed by atoms with Crippen molar-refractivity contribution in [2.24, 2.45) is 5.92 Å². The van der Waals surface area contributed by atoms with Crippen LogP contribution in [0, 0.1) is 16.0 Å². The highest BCUT2D eigenvalue weighted by Crippen LogP contribution is 2.25. The number of piperidine rings is 1. The number of nitro benzene ring substituents is 1. The third-order valence-corrected chi connectivity index (χ3v) is 5.54. The molecule has 6 nitrogen and oxygen atoms in total. The first-order valence-corrected chi connectivity index (χ1v) is 9.89. The molecular weight excluding hydrogens is 378 g/mol. The average molecular weight is 402 g/mol. The molecule has 0 radical (unpaired) electrons. The van der Waals surface area contributed by atoms with E-state index in [1.54, 1.807) is 0 Å². The van der Waals surface area contributed by atoms with Gasteiger partial charge < -0.3 is 10.2 Å². The van der Waals surface area contributed by atoms with Gasteiger partial charge in [0.1, 0.15) is 5.02 Å². The van der Waals surface area contributed by atoms with E-state index < -0.39 is 4.92 Å². The minimum atomic E-state index is -0.579. The van der Waals surface area contributed by atoms with Gasteiger partial charge in [-0.25, -0.2) is 0 Å². The number of benzene rings is 2. The van der Waals surface area contributed by atoms with Gasteiger partial charge in [-0.2, -0.15) is 0 Å². The first-order chi connectivity index (χ1) is 13.5. The van der Waals surface area contributed by atoms with Gasteiger partial charge in [0.15, 0.2) is 0 Å². The van der Waals surface area contributed by atoms with E-state index in [4.69, 9.17) is 11.6 Å². The molecule has 0 aromatic heterocycles. The van der Waals surface area contributed by atoms with Crippen LogP contribution in [-0.4, -0.2) is 41.9 Å². The van der Waals surface area contributed by atoms with Gasteiger partial charge in [0, 0.05) is 24.7 Å². The molecule has 2 aromatic rings. The highest BCUT2D eigenvalue weighted by molar-refractivity contribution is 6.32. The lowest BCUT2D eigenvalue weighted by Crippen LogP contribution is -2.39. The van der Waals surface area contributed by atoms with Crippen LogP contribution in [0.3, 0.4) is 0 Å². The molecule has 2 aromatic carbocycles. The fourth-order valence-corrected chi connectivity index (χ4v) is 3.67. The second kappa shape index (κ2) is 9.66. The minimum Gasteiger partial charge on any atom is -0.352 e. The molecule has 1 saturated heterocycles. The molecule has 3 rings (SSSR count). The Morgan fingerprint density at radius 3 is 2.57 bits per heavy atom. The summed E-state index contributed by atoms with van der Waals surface area (Å²) >= 11 is 5.80. The molecule has 1 N–H and O–H groups in total. The molecule has 148 valence electrons. The molecule has 0 unspecified atom stereocenters. The third-order valence-electron chi connectivity index (χ3n) is 5.22. The number of hydrogen-bond acceptors (Lipinski definition) is 4. The van der Waals surface area contributed by atoms with Gasteiger partial charge in [-0.3, -0.25) is 14.9 Å². The van der Waals surface area contributed by atoms with Crippen LogP contribution in [-0.2, 0) is 6.42 Å². The monoisotopic (exact) mass is 401 g/mol. The Kier molecular flexibility index (Phi) is 7.01. The summed E-state index contributed by atoms with van der Waals surface area (Å²) in [6.45, 7) is 3.69. The summed E-state index contributed by atoms with van der Waals surface area (Å²) < 4.78 is 0. The standard InChI is InChI=1S/C21H24ClN3O3/c22-19-7-6-18(14-20(19)25(27)28)21(26)23-15-17-9-12-24(13-10-17)11-8-16-4-2-1-3-5-16/h1-7,14,17H,8-13,15H2,(H,23,26). The number of nitro groups is 1. The van der Waals surface area contributed by atoms with Crippen molar-refractivity contribution in [3.63, 3.8) is 0 Å².